The van der Waals surface area contributed by atoms with Crippen molar-refractivity contribution in [2.75, 3.05) is 20.3 Å². The third-order valence-electron chi connectivity index (χ3n) is 3.87. The number of benzene rings is 1. The quantitative estimate of drug-likeness (QED) is 0.839. The largest absolute Gasteiger partial charge is 0.496 e. The molecule has 1 aliphatic rings. The molecule has 1 aliphatic heterocycles. The zero-order valence-corrected chi connectivity index (χ0v) is 13.9. The van der Waals surface area contributed by atoms with Gasteiger partial charge in [-0.25, -0.2) is 0 Å². The van der Waals surface area contributed by atoms with E-state index in [9.17, 15) is 4.21 Å². The van der Waals surface area contributed by atoms with Crippen LogP contribution in [0.3, 0.4) is 0 Å². The van der Waals surface area contributed by atoms with E-state index < -0.39 is 10.8 Å². The lowest BCUT2D eigenvalue weighted by Gasteiger charge is -2.16. The van der Waals surface area contributed by atoms with Gasteiger partial charge in [0.1, 0.15) is 5.75 Å². The zero-order chi connectivity index (χ0) is 15.2. The normalized spacial score (nSPS) is 23.2. The highest BCUT2D eigenvalue weighted by molar-refractivity contribution is 7.84. The summed E-state index contributed by atoms with van der Waals surface area (Å²) in [7, 11) is 0.732. The summed E-state index contributed by atoms with van der Waals surface area (Å²) in [4.78, 5) is 0. The summed E-state index contributed by atoms with van der Waals surface area (Å²) in [5, 5.41) is 3.44. The van der Waals surface area contributed by atoms with Crippen LogP contribution in [0, 0.1) is 0 Å². The molecule has 0 saturated carbocycles. The standard InChI is InChI=1S/C16H25NO3S/c1-4-17-10-13-5-6-15(19-3)14(9-13)11-21(18)16-7-8-20-12(16)2/h5-6,9,12,16-17H,4,7-8,10-11H2,1-3H3. The lowest BCUT2D eigenvalue weighted by molar-refractivity contribution is 0.127. The molecule has 0 radical (unpaired) electrons. The van der Waals surface area contributed by atoms with E-state index in [1.54, 1.807) is 7.11 Å². The number of nitrogens with one attached hydrogen (secondary N) is 1. The number of methoxy groups -OCH3 is 1. The fourth-order valence-corrected chi connectivity index (χ4v) is 4.25. The van der Waals surface area contributed by atoms with Gasteiger partial charge in [0.25, 0.3) is 0 Å². The van der Waals surface area contributed by atoms with Crippen LogP contribution in [0.4, 0.5) is 0 Å². The summed E-state index contributed by atoms with van der Waals surface area (Å²) in [5.41, 5.74) is 2.21. The van der Waals surface area contributed by atoms with Crippen molar-refractivity contribution in [2.24, 2.45) is 0 Å². The Balaban J connectivity index is 2.11. The van der Waals surface area contributed by atoms with E-state index in [4.69, 9.17) is 9.47 Å². The molecule has 1 fully saturated rings. The predicted molar refractivity (Wildman–Crippen MR) is 86.0 cm³/mol. The molecule has 4 nitrogen and oxygen atoms in total. The van der Waals surface area contributed by atoms with Crippen LogP contribution in [0.2, 0.25) is 0 Å². The second-order valence-corrected chi connectivity index (χ2v) is 7.01. The highest BCUT2D eigenvalue weighted by Crippen LogP contribution is 2.26. The van der Waals surface area contributed by atoms with Gasteiger partial charge in [-0.2, -0.15) is 0 Å². The average molecular weight is 311 g/mol. The van der Waals surface area contributed by atoms with Gasteiger partial charge < -0.3 is 14.8 Å². The molecule has 1 aromatic carbocycles. The first-order valence-electron chi connectivity index (χ1n) is 7.51. The lowest BCUT2D eigenvalue weighted by Crippen LogP contribution is -2.24. The molecule has 0 aliphatic carbocycles. The maximum atomic E-state index is 12.6. The summed E-state index contributed by atoms with van der Waals surface area (Å²) in [5.74, 6) is 1.34. The second kappa shape index (κ2) is 7.92. The predicted octanol–water partition coefficient (Wildman–Crippen LogP) is 2.23. The van der Waals surface area contributed by atoms with Crippen LogP contribution in [0.25, 0.3) is 0 Å². The fraction of sp³-hybridized carbons (Fsp3) is 0.625. The van der Waals surface area contributed by atoms with Gasteiger partial charge in [0, 0.05) is 29.5 Å². The molecule has 3 atom stereocenters. The Morgan fingerprint density at radius 1 is 1.48 bits per heavy atom. The van der Waals surface area contributed by atoms with Crippen molar-refractivity contribution in [3.8, 4) is 5.75 Å². The van der Waals surface area contributed by atoms with Gasteiger partial charge in [0.05, 0.1) is 24.2 Å². The first kappa shape index (κ1) is 16.5. The summed E-state index contributed by atoms with van der Waals surface area (Å²) in [6.07, 6.45) is 0.967. The third-order valence-corrected chi connectivity index (χ3v) is 5.76. The highest BCUT2D eigenvalue weighted by Gasteiger charge is 2.30. The number of hydrogen-bond donors (Lipinski definition) is 1. The van der Waals surface area contributed by atoms with Gasteiger partial charge in [-0.15, -0.1) is 0 Å². The van der Waals surface area contributed by atoms with Crippen molar-refractivity contribution in [1.29, 1.82) is 0 Å². The Labute approximate surface area is 129 Å². The molecule has 2 rings (SSSR count). The van der Waals surface area contributed by atoms with Crippen molar-refractivity contribution in [3.05, 3.63) is 29.3 Å². The topological polar surface area (TPSA) is 47.6 Å². The molecule has 1 heterocycles. The van der Waals surface area contributed by atoms with Crippen LogP contribution in [0.5, 0.6) is 5.75 Å². The Kier molecular flexibility index (Phi) is 6.21. The fourth-order valence-electron chi connectivity index (χ4n) is 2.64. The second-order valence-electron chi connectivity index (χ2n) is 5.35. The Morgan fingerprint density at radius 2 is 2.29 bits per heavy atom. The van der Waals surface area contributed by atoms with Crippen LogP contribution < -0.4 is 10.1 Å². The maximum Gasteiger partial charge on any atom is 0.123 e. The van der Waals surface area contributed by atoms with Crippen LogP contribution in [-0.2, 0) is 27.8 Å². The lowest BCUT2D eigenvalue weighted by atomic mass is 10.1. The molecule has 0 spiro atoms. The molecule has 21 heavy (non-hydrogen) atoms. The van der Waals surface area contributed by atoms with Gasteiger partial charge in [-0.1, -0.05) is 13.0 Å². The number of rotatable bonds is 7. The van der Waals surface area contributed by atoms with E-state index in [0.717, 1.165) is 37.4 Å². The van der Waals surface area contributed by atoms with E-state index >= 15 is 0 Å². The van der Waals surface area contributed by atoms with Crippen LogP contribution in [0.1, 0.15) is 31.4 Å². The van der Waals surface area contributed by atoms with Crippen LogP contribution in [-0.4, -0.2) is 35.8 Å². The molecule has 0 aromatic heterocycles. The minimum Gasteiger partial charge on any atom is -0.496 e. The molecular weight excluding hydrogens is 286 g/mol. The van der Waals surface area contributed by atoms with Crippen molar-refractivity contribution < 1.29 is 13.7 Å². The van der Waals surface area contributed by atoms with Crippen molar-refractivity contribution in [3.63, 3.8) is 0 Å². The SMILES string of the molecule is CCNCc1ccc(OC)c(CS(=O)C2CCOC2C)c1. The molecule has 1 aromatic rings. The smallest absolute Gasteiger partial charge is 0.123 e. The zero-order valence-electron chi connectivity index (χ0n) is 13.1. The molecule has 118 valence electrons. The van der Waals surface area contributed by atoms with Gasteiger partial charge in [-0.05, 0) is 37.6 Å². The van der Waals surface area contributed by atoms with Crippen LogP contribution >= 0.6 is 0 Å². The first-order valence-corrected chi connectivity index (χ1v) is 8.89. The number of ether oxygens (including phenoxy) is 2. The number of hydrogen-bond acceptors (Lipinski definition) is 4. The van der Waals surface area contributed by atoms with Gasteiger partial charge in [0.2, 0.25) is 0 Å². The van der Waals surface area contributed by atoms with Crippen LogP contribution in [0.15, 0.2) is 18.2 Å². The van der Waals surface area contributed by atoms with Crippen molar-refractivity contribution >= 4 is 10.8 Å². The Hall–Kier alpha value is -0.910. The Morgan fingerprint density at radius 3 is 2.90 bits per heavy atom. The molecular formula is C16H25NO3S. The summed E-state index contributed by atoms with van der Waals surface area (Å²) in [6, 6.07) is 6.11. The molecule has 0 bridgehead atoms. The summed E-state index contributed by atoms with van der Waals surface area (Å²) >= 11 is 0. The Bertz CT molecular complexity index is 492. The molecule has 1 N–H and O–H groups in total. The van der Waals surface area contributed by atoms with E-state index in [1.165, 1.54) is 5.56 Å². The van der Waals surface area contributed by atoms with Crippen molar-refractivity contribution in [2.45, 2.75) is 43.9 Å². The maximum absolute atomic E-state index is 12.6. The monoisotopic (exact) mass is 311 g/mol. The van der Waals surface area contributed by atoms with Gasteiger partial charge in [-0.3, -0.25) is 4.21 Å². The minimum absolute atomic E-state index is 0.0850. The molecule has 1 saturated heterocycles. The van der Waals surface area contributed by atoms with Crippen molar-refractivity contribution in [1.82, 2.24) is 5.32 Å². The van der Waals surface area contributed by atoms with E-state index in [1.807, 2.05) is 13.0 Å². The molecule has 0 amide bonds. The molecule has 5 heteroatoms. The molecule has 3 unspecified atom stereocenters. The highest BCUT2D eigenvalue weighted by atomic mass is 32.2. The summed E-state index contributed by atoms with van der Waals surface area (Å²) in [6.45, 7) is 6.57. The van der Waals surface area contributed by atoms with E-state index in [0.29, 0.717) is 5.75 Å². The van der Waals surface area contributed by atoms with Gasteiger partial charge >= 0.3 is 0 Å². The third kappa shape index (κ3) is 4.28. The minimum atomic E-state index is -0.928. The van der Waals surface area contributed by atoms with Gasteiger partial charge in [0.15, 0.2) is 0 Å². The van der Waals surface area contributed by atoms with E-state index in [-0.39, 0.29) is 11.4 Å². The first-order chi connectivity index (χ1) is 10.2. The summed E-state index contributed by atoms with van der Waals surface area (Å²) < 4.78 is 23.5. The van der Waals surface area contributed by atoms with E-state index in [2.05, 4.69) is 24.4 Å². The average Bonchev–Trinajstić information content (AvgIpc) is 2.91.